The number of hydrogen-bond donors (Lipinski definition) is 1. The average Bonchev–Trinajstić information content (AvgIpc) is 2.53. The molecule has 9 heteroatoms. The van der Waals surface area contributed by atoms with Gasteiger partial charge >= 0.3 is 6.98 Å². The molecule has 0 amide bonds. The summed E-state index contributed by atoms with van der Waals surface area (Å²) >= 11 is 1.20. The molecule has 0 saturated carbocycles. The second-order valence-electron chi connectivity index (χ2n) is 4.81. The summed E-state index contributed by atoms with van der Waals surface area (Å²) < 4.78 is 51.8. The number of benzene rings is 2. The first kappa shape index (κ1) is 18.1. The van der Waals surface area contributed by atoms with Crippen LogP contribution in [0.25, 0.3) is 0 Å². The molecule has 0 aliphatic heterocycles. The Morgan fingerprint density at radius 1 is 1.12 bits per heavy atom. The van der Waals surface area contributed by atoms with Crippen LogP contribution in [-0.2, 0) is 5.75 Å². The van der Waals surface area contributed by atoms with E-state index in [2.05, 4.69) is 10.2 Å². The number of halogens is 4. The van der Waals surface area contributed by atoms with Crippen LogP contribution in [0.4, 0.5) is 17.3 Å². The smallest absolute Gasteiger partial charge is 0.445 e. The van der Waals surface area contributed by atoms with Crippen LogP contribution in [0.1, 0.15) is 11.1 Å². The molecule has 2 aromatic carbocycles. The topological polar surface area (TPSA) is 50.7 Å². The van der Waals surface area contributed by atoms with E-state index in [1.54, 1.807) is 0 Å². The minimum Gasteiger partial charge on any atom is -0.445 e. The van der Waals surface area contributed by atoms with E-state index in [9.17, 15) is 17.3 Å². The lowest BCUT2D eigenvalue weighted by Gasteiger charge is -2.17. The zero-order valence-electron chi connectivity index (χ0n) is 12.4. The number of thioether (sulfide) groups is 1. The molecule has 2 rings (SSSR count). The first-order chi connectivity index (χ1) is 11.4. The first-order valence-corrected chi connectivity index (χ1v) is 7.87. The molecule has 0 spiro atoms. The molecule has 0 radical (unpaired) electrons. The molecule has 0 fully saturated rings. The summed E-state index contributed by atoms with van der Waals surface area (Å²) in [7, 11) is 0. The second kappa shape index (κ2) is 8.00. The summed E-state index contributed by atoms with van der Waals surface area (Å²) in [5.74, 6) is -0.224. The van der Waals surface area contributed by atoms with Gasteiger partial charge in [0.1, 0.15) is 5.82 Å². The molecule has 0 aromatic heterocycles. The van der Waals surface area contributed by atoms with Gasteiger partial charge in [0.15, 0.2) is 5.17 Å². The summed E-state index contributed by atoms with van der Waals surface area (Å²) in [5, 5.41) is 7.26. The van der Waals surface area contributed by atoms with Gasteiger partial charge in [-0.2, -0.15) is 5.10 Å². The molecule has 0 bridgehead atoms. The van der Waals surface area contributed by atoms with Crippen molar-refractivity contribution < 1.29 is 17.3 Å². The van der Waals surface area contributed by atoms with Gasteiger partial charge in [0.25, 0.3) is 0 Å². The molecular formula is C15H13BF4N3S-. The molecule has 24 heavy (non-hydrogen) atoms. The van der Waals surface area contributed by atoms with E-state index in [-0.39, 0.29) is 10.7 Å². The lowest BCUT2D eigenvalue weighted by molar-refractivity contribution is 0.500. The Labute approximate surface area is 140 Å². The van der Waals surface area contributed by atoms with Crippen molar-refractivity contribution in [3.05, 3.63) is 65.5 Å². The van der Waals surface area contributed by atoms with Gasteiger partial charge < -0.3 is 18.7 Å². The highest BCUT2D eigenvalue weighted by Gasteiger charge is 2.27. The average molecular weight is 354 g/mol. The first-order valence-electron chi connectivity index (χ1n) is 6.89. The maximum Gasteiger partial charge on any atom is 0.510 e. The van der Waals surface area contributed by atoms with Crippen molar-refractivity contribution in [2.45, 2.75) is 5.75 Å². The van der Waals surface area contributed by atoms with Crippen LogP contribution in [0.3, 0.4) is 0 Å². The van der Waals surface area contributed by atoms with Crippen LogP contribution >= 0.6 is 11.8 Å². The minimum absolute atomic E-state index is 0.102. The van der Waals surface area contributed by atoms with Crippen LogP contribution in [0.2, 0.25) is 0 Å². The van der Waals surface area contributed by atoms with Crippen molar-refractivity contribution >= 4 is 35.6 Å². The maximum absolute atomic E-state index is 13.1. The Balaban J connectivity index is 2.06. The number of hydrogen-bond acceptors (Lipinski definition) is 3. The number of amidine groups is 1. The van der Waals surface area contributed by atoms with Gasteiger partial charge in [-0.1, -0.05) is 53.6 Å². The molecule has 0 heterocycles. The molecule has 2 N–H and O–H groups in total. The Morgan fingerprint density at radius 2 is 1.83 bits per heavy atom. The molecule has 0 aliphatic rings. The molecule has 0 unspecified atom stereocenters. The van der Waals surface area contributed by atoms with Gasteiger partial charge in [0.2, 0.25) is 0 Å². The maximum atomic E-state index is 13.1. The van der Waals surface area contributed by atoms with E-state index in [1.807, 2.05) is 30.3 Å². The summed E-state index contributed by atoms with van der Waals surface area (Å²) in [5.41, 5.74) is 5.36. The minimum atomic E-state index is -5.27. The van der Waals surface area contributed by atoms with Crippen LogP contribution in [0.5, 0.6) is 0 Å². The van der Waals surface area contributed by atoms with Crippen molar-refractivity contribution in [1.82, 2.24) is 0 Å². The van der Waals surface area contributed by atoms with Crippen molar-refractivity contribution in [1.29, 1.82) is 0 Å². The Bertz CT molecular complexity index is 748. The Hall–Kier alpha value is -2.29. The van der Waals surface area contributed by atoms with E-state index in [0.29, 0.717) is 11.8 Å². The van der Waals surface area contributed by atoms with Gasteiger partial charge in [-0.05, 0) is 23.3 Å². The largest absolute Gasteiger partial charge is 0.510 e. The van der Waals surface area contributed by atoms with E-state index in [1.165, 1.54) is 11.8 Å². The summed E-state index contributed by atoms with van der Waals surface area (Å²) in [6.07, 6.45) is 0.851. The molecular weight excluding hydrogens is 341 g/mol. The lowest BCUT2D eigenvalue weighted by Crippen LogP contribution is -2.37. The van der Waals surface area contributed by atoms with E-state index in [0.717, 1.165) is 23.9 Å². The molecule has 2 aromatic rings. The van der Waals surface area contributed by atoms with Crippen LogP contribution in [0, 0.1) is 5.82 Å². The van der Waals surface area contributed by atoms with Crippen LogP contribution < -0.4 is 11.2 Å². The fourth-order valence-corrected chi connectivity index (χ4v) is 2.48. The fraction of sp³-hybridized carbons (Fsp3) is 0.0667. The van der Waals surface area contributed by atoms with Gasteiger partial charge in [0, 0.05) is 5.75 Å². The fourth-order valence-electron chi connectivity index (χ4n) is 1.86. The summed E-state index contributed by atoms with van der Waals surface area (Å²) in [4.78, 5) is 0. The van der Waals surface area contributed by atoms with E-state index < -0.39 is 18.3 Å². The normalized spacial score (nSPS) is 12.8. The zero-order valence-corrected chi connectivity index (χ0v) is 13.2. The predicted molar refractivity (Wildman–Crippen MR) is 92.1 cm³/mol. The second-order valence-corrected chi connectivity index (χ2v) is 5.80. The summed E-state index contributed by atoms with van der Waals surface area (Å²) in [6.45, 7) is -5.27. The molecule has 0 saturated heterocycles. The third-order valence-corrected chi connectivity index (χ3v) is 3.84. The monoisotopic (exact) mass is 354 g/mol. The highest BCUT2D eigenvalue weighted by atomic mass is 32.2. The number of nitrogens with zero attached hydrogens (tertiary/aromatic N) is 2. The Kier molecular flexibility index (Phi) is 6.02. The highest BCUT2D eigenvalue weighted by Crippen LogP contribution is 2.13. The standard InChI is InChI=1S/C15H13BF4N3S/c17-13-6-7-14(16(18,19)20)12(8-13)9-22-23-15(21)24-10-11-4-2-1-3-5-11/h1-9H,10H2,(H2,21,23)/q-1. The van der Waals surface area contributed by atoms with Crippen LogP contribution in [-0.4, -0.2) is 18.4 Å². The van der Waals surface area contributed by atoms with Crippen LogP contribution in [0.15, 0.2) is 58.7 Å². The van der Waals surface area contributed by atoms with Gasteiger partial charge in [-0.3, -0.25) is 0 Å². The predicted octanol–water partition coefficient (Wildman–Crippen LogP) is 3.46. The van der Waals surface area contributed by atoms with E-state index >= 15 is 0 Å². The zero-order chi connectivity index (χ0) is 17.6. The number of rotatable bonds is 5. The van der Waals surface area contributed by atoms with Crippen molar-refractivity contribution in [2.75, 3.05) is 0 Å². The molecule has 0 atom stereocenters. The Morgan fingerprint density at radius 3 is 2.50 bits per heavy atom. The lowest BCUT2D eigenvalue weighted by atomic mass is 9.77. The summed E-state index contributed by atoms with van der Waals surface area (Å²) in [6, 6.07) is 11.7. The quantitative estimate of drug-likeness (QED) is 0.294. The van der Waals surface area contributed by atoms with Crippen molar-refractivity contribution in [3.8, 4) is 0 Å². The SMILES string of the molecule is NC(=NN=Cc1cc(F)ccc1[B-](F)(F)F)SCc1ccccc1. The molecule has 126 valence electrons. The highest BCUT2D eigenvalue weighted by molar-refractivity contribution is 8.13. The van der Waals surface area contributed by atoms with Crippen molar-refractivity contribution in [2.24, 2.45) is 15.9 Å². The third kappa shape index (κ3) is 5.41. The molecule has 3 nitrogen and oxygen atoms in total. The van der Waals surface area contributed by atoms with Gasteiger partial charge in [-0.25, -0.2) is 4.39 Å². The van der Waals surface area contributed by atoms with Gasteiger partial charge in [-0.15, -0.1) is 5.10 Å². The van der Waals surface area contributed by atoms with Crippen molar-refractivity contribution in [3.63, 3.8) is 0 Å². The number of nitrogens with two attached hydrogens (primary N) is 1. The third-order valence-electron chi connectivity index (χ3n) is 2.98. The van der Waals surface area contributed by atoms with E-state index in [4.69, 9.17) is 5.73 Å². The van der Waals surface area contributed by atoms with Gasteiger partial charge in [0.05, 0.1) is 6.21 Å². The molecule has 0 aliphatic carbocycles.